The number of aliphatic hydroxyl groups is 4. The number of unbranched alkanes of at least 4 members (excludes halogenated alkanes) is 2. The Hall–Kier alpha value is -6.93. The van der Waals surface area contributed by atoms with Crippen molar-refractivity contribution in [1.29, 1.82) is 0 Å². The van der Waals surface area contributed by atoms with E-state index in [2.05, 4.69) is 42.2 Å². The Morgan fingerprint density at radius 3 is 2.16 bits per heavy atom. The number of carboxylic acids is 1. The summed E-state index contributed by atoms with van der Waals surface area (Å²) in [5.41, 5.74) is 0.164. The van der Waals surface area contributed by atoms with Gasteiger partial charge in [0.2, 0.25) is 35.8 Å². The van der Waals surface area contributed by atoms with Gasteiger partial charge in [0.05, 0.1) is 64.7 Å². The highest BCUT2D eigenvalue weighted by Gasteiger charge is 2.49. The summed E-state index contributed by atoms with van der Waals surface area (Å²) < 4.78 is 30.5. The van der Waals surface area contributed by atoms with Crippen LogP contribution in [-0.2, 0) is 60.7 Å². The minimum absolute atomic E-state index is 0.00604. The zero-order chi connectivity index (χ0) is 69.1. The topological polar surface area (TPSA) is 386 Å². The number of nitro benzene ring substituents is 1. The van der Waals surface area contributed by atoms with Crippen LogP contribution >= 0.6 is 15.9 Å². The number of halogens is 1. The summed E-state index contributed by atoms with van der Waals surface area (Å²) in [6.07, 6.45) is -10.2. The summed E-state index contributed by atoms with van der Waals surface area (Å²) in [4.78, 5) is 112. The number of carbonyl (C=O) groups is 7. The number of carbonyl (C=O) groups excluding carboxylic acids is 6. The summed E-state index contributed by atoms with van der Waals surface area (Å²) in [5.74, 6) is -6.36. The molecule has 29 nitrogen and oxygen atoms in total. The monoisotopic (exact) mass is 1370 g/mol. The van der Waals surface area contributed by atoms with Crippen molar-refractivity contribution in [3.05, 3.63) is 81.7 Å². The smallest absolute Gasteiger partial charge is 0.410 e. The minimum Gasteiger partial charge on any atom is -0.479 e. The number of rotatable bonds is 35. The van der Waals surface area contributed by atoms with Gasteiger partial charge in [0.1, 0.15) is 36.5 Å². The van der Waals surface area contributed by atoms with Crippen molar-refractivity contribution in [2.24, 2.45) is 23.7 Å². The number of hydrogen-bond donors (Lipinski definition) is 8. The van der Waals surface area contributed by atoms with Crippen LogP contribution in [0.15, 0.2) is 54.7 Å². The van der Waals surface area contributed by atoms with Crippen LogP contribution in [0.25, 0.3) is 0 Å². The Morgan fingerprint density at radius 2 is 1.56 bits per heavy atom. The molecule has 518 valence electrons. The number of aromatic nitrogens is 3. The first kappa shape index (κ1) is 76.8. The molecule has 0 saturated carbocycles. The molecule has 2 aromatic carbocycles. The van der Waals surface area contributed by atoms with Gasteiger partial charge in [-0.1, -0.05) is 112 Å². The number of nitrogens with zero attached hydrogens (tertiary/aromatic N) is 7. The maximum Gasteiger partial charge on any atom is 0.410 e. The number of hydrogen-bond acceptors (Lipinski definition) is 20. The molecule has 16 atom stereocenters. The van der Waals surface area contributed by atoms with E-state index in [9.17, 15) is 64.4 Å². The van der Waals surface area contributed by atoms with E-state index in [0.717, 1.165) is 23.5 Å². The second kappa shape index (κ2) is 36.1. The molecular weight excluding hydrogens is 1280 g/mol. The third-order valence-corrected chi connectivity index (χ3v) is 17.9. The summed E-state index contributed by atoms with van der Waals surface area (Å²) in [6, 6.07) is 8.08. The second-order valence-electron chi connectivity index (χ2n) is 24.7. The second-order valence-corrected chi connectivity index (χ2v) is 25.3. The van der Waals surface area contributed by atoms with Crippen LogP contribution in [0.3, 0.4) is 0 Å². The van der Waals surface area contributed by atoms with Gasteiger partial charge in [-0.05, 0) is 74.0 Å². The number of alkyl halides is 1. The molecule has 2 fully saturated rings. The van der Waals surface area contributed by atoms with Gasteiger partial charge in [-0.15, -0.1) is 5.10 Å². The average Bonchev–Trinajstić information content (AvgIpc) is 1.47. The van der Waals surface area contributed by atoms with Crippen molar-refractivity contribution in [3.8, 4) is 5.75 Å². The number of aliphatic carboxylic acids is 1. The molecule has 30 heteroatoms. The summed E-state index contributed by atoms with van der Waals surface area (Å²) in [5, 5.41) is 81.8. The number of likely N-dealkylation sites (N-methyl/N-ethyl adjacent to an activating group) is 2. The van der Waals surface area contributed by atoms with Crippen LogP contribution in [0.4, 0.5) is 10.5 Å². The fourth-order valence-corrected chi connectivity index (χ4v) is 12.2. The van der Waals surface area contributed by atoms with Gasteiger partial charge in [0.25, 0.3) is 0 Å². The maximum absolute atomic E-state index is 15.0. The lowest BCUT2D eigenvalue weighted by Crippen LogP contribution is -2.61. The van der Waals surface area contributed by atoms with Crippen molar-refractivity contribution in [3.63, 3.8) is 0 Å². The first-order valence-electron chi connectivity index (χ1n) is 31.5. The normalized spacial score (nSPS) is 21.4. The number of methoxy groups -OCH3 is 2. The zero-order valence-corrected chi connectivity index (χ0v) is 56.6. The van der Waals surface area contributed by atoms with Crippen LogP contribution in [0.2, 0.25) is 0 Å². The molecule has 5 rings (SSSR count). The van der Waals surface area contributed by atoms with Gasteiger partial charge in [0, 0.05) is 66.6 Å². The van der Waals surface area contributed by atoms with Crippen LogP contribution in [0.1, 0.15) is 129 Å². The standard InChI is InChI=1S/C63H95BrN10O19/c1-13-36(6)51(46(89-11)31-48(76)73-28-20-23-42(73)56(90-12)37(7)58(81)66-38(8)52(77)39-21-16-14-17-22-39)70(9)60(83)49(34(2)3)67-59(82)50(35(4)5)71(10)63(86)92-45(30-41-33-72(69-68-41)27-19-15-18-26-65-47(75)32-64)40-24-25-44(43(29-40)74(87)88)91-62-55(80)53(78)54(79)57(93-62)61(84)85/h14,16-17,21-22,24-25,29,33-38,42,45-46,49-57,62,77-80H,13,15,18-20,23,26-28,30-32H2,1-12H3,(H,65,75)(H,66,81)(H,67,82)(H,84,85)/t36-,37+,38+,42-,45?,46+,49-,50-,51-,52+,53-,54-,55+,56+,57-,62+/m0/s1. The Morgan fingerprint density at radius 1 is 0.871 bits per heavy atom. The molecule has 0 aliphatic carbocycles. The van der Waals surface area contributed by atoms with E-state index in [1.165, 1.54) is 32.2 Å². The highest BCUT2D eigenvalue weighted by atomic mass is 79.9. The van der Waals surface area contributed by atoms with E-state index in [0.29, 0.717) is 57.3 Å². The molecule has 0 spiro atoms. The van der Waals surface area contributed by atoms with Gasteiger partial charge in [-0.2, -0.15) is 0 Å². The van der Waals surface area contributed by atoms with Gasteiger partial charge in [-0.3, -0.25) is 43.7 Å². The van der Waals surface area contributed by atoms with Crippen molar-refractivity contribution < 1.29 is 87.7 Å². The number of aryl methyl sites for hydroxylation is 1. The highest BCUT2D eigenvalue weighted by molar-refractivity contribution is 9.09. The molecule has 2 aliphatic heterocycles. The number of nitro groups is 1. The lowest BCUT2D eigenvalue weighted by Gasteiger charge is -2.41. The number of amides is 6. The molecule has 1 unspecified atom stereocenters. The molecule has 2 aliphatic rings. The quantitative estimate of drug-likeness (QED) is 0.0180. The molecule has 3 heterocycles. The Bertz CT molecular complexity index is 2960. The number of nitrogens with one attached hydrogen (secondary N) is 3. The summed E-state index contributed by atoms with van der Waals surface area (Å²) in [7, 11) is 5.87. The lowest BCUT2D eigenvalue weighted by molar-refractivity contribution is -0.387. The molecule has 2 saturated heterocycles. The van der Waals surface area contributed by atoms with Crippen LogP contribution in [-0.4, -0.2) is 222 Å². The number of likely N-dealkylation sites (tertiary alicyclic amines) is 1. The molecule has 1 aromatic heterocycles. The highest BCUT2D eigenvalue weighted by Crippen LogP contribution is 2.36. The molecule has 0 radical (unpaired) electrons. The van der Waals surface area contributed by atoms with Crippen molar-refractivity contribution in [1.82, 2.24) is 45.6 Å². The maximum atomic E-state index is 15.0. The van der Waals surface area contributed by atoms with E-state index in [-0.39, 0.29) is 53.1 Å². The first-order valence-corrected chi connectivity index (χ1v) is 32.6. The third-order valence-electron chi connectivity index (χ3n) is 17.4. The van der Waals surface area contributed by atoms with E-state index >= 15 is 4.79 Å². The molecule has 93 heavy (non-hydrogen) atoms. The average molecular weight is 1380 g/mol. The van der Waals surface area contributed by atoms with Gasteiger partial charge < -0.3 is 75.0 Å². The van der Waals surface area contributed by atoms with E-state index in [4.69, 9.17) is 23.7 Å². The number of aliphatic hydroxyl groups excluding tert-OH is 4. The third kappa shape index (κ3) is 20.3. The van der Waals surface area contributed by atoms with Gasteiger partial charge in [0.15, 0.2) is 11.9 Å². The fraction of sp³-hybridized carbons (Fsp3) is 0.667. The summed E-state index contributed by atoms with van der Waals surface area (Å²) >= 11 is 3.11. The predicted octanol–water partition coefficient (Wildman–Crippen LogP) is 3.81. The summed E-state index contributed by atoms with van der Waals surface area (Å²) in [6.45, 7) is 15.5. The van der Waals surface area contributed by atoms with E-state index in [1.54, 1.807) is 88.6 Å². The SMILES string of the molecule is CC[C@H](C)[C@@H]([C@@H](CC(=O)N1CCC[C@H]1[C@H](OC)[C@@H](C)C(=O)N[C@H](C)[C@@H](O)c1ccccc1)OC)N(C)C(=O)[C@@H](NC(=O)[C@H](C(C)C)N(C)C(=O)OC(Cc1cn(CCCCCNC(=O)CBr)nn1)c1ccc(O[C@@H]2O[C@H](C(=O)O)[C@@H](O)[C@H](O)[C@H]2O)c([N+](=O)[O-])c1)C(C)C. The molecule has 3 aromatic rings. The molecule has 6 amide bonds. The lowest BCUT2D eigenvalue weighted by atomic mass is 9.89. The Labute approximate surface area is 550 Å². The Balaban J connectivity index is 1.36. The number of carboxylic acid groups (broad SMARTS) is 1. The number of benzene rings is 2. The van der Waals surface area contributed by atoms with E-state index < -0.39 is 143 Å². The first-order chi connectivity index (χ1) is 44.0. The largest absolute Gasteiger partial charge is 0.479 e. The number of ether oxygens (including phenoxy) is 5. The fourth-order valence-electron chi connectivity index (χ4n) is 12.0. The zero-order valence-electron chi connectivity index (χ0n) is 55.0. The van der Waals surface area contributed by atoms with Crippen LogP contribution in [0, 0.1) is 33.8 Å². The predicted molar refractivity (Wildman–Crippen MR) is 340 cm³/mol. The van der Waals surface area contributed by atoms with Gasteiger partial charge in [-0.25, -0.2) is 9.59 Å². The van der Waals surface area contributed by atoms with Crippen molar-refractivity contribution >= 4 is 63.2 Å². The molecule has 8 N–H and O–H groups in total. The minimum atomic E-state index is -2.08. The van der Waals surface area contributed by atoms with Crippen LogP contribution < -0.4 is 20.7 Å². The Kier molecular flexibility index (Phi) is 29.8. The molecular formula is C63H95BrN10O19. The van der Waals surface area contributed by atoms with Gasteiger partial charge >= 0.3 is 17.7 Å². The molecule has 0 bridgehead atoms. The van der Waals surface area contributed by atoms with Crippen molar-refractivity contribution in [2.45, 2.75) is 199 Å². The van der Waals surface area contributed by atoms with E-state index in [1.807, 2.05) is 19.9 Å². The van der Waals surface area contributed by atoms with Crippen molar-refractivity contribution in [2.75, 3.05) is 46.7 Å². The van der Waals surface area contributed by atoms with Crippen LogP contribution in [0.5, 0.6) is 5.75 Å².